The van der Waals surface area contributed by atoms with E-state index in [2.05, 4.69) is 39.7 Å². The minimum absolute atomic E-state index is 0.0178. The lowest BCUT2D eigenvalue weighted by molar-refractivity contribution is 0.239. The summed E-state index contributed by atoms with van der Waals surface area (Å²) in [6, 6.07) is 18.1. The molecule has 0 radical (unpaired) electrons. The predicted molar refractivity (Wildman–Crippen MR) is 103 cm³/mol. The number of fused-ring (bicyclic) bond motifs is 1. The zero-order chi connectivity index (χ0) is 18.0. The Kier molecular flexibility index (Phi) is 4.22. The van der Waals surface area contributed by atoms with Gasteiger partial charge in [0.25, 0.3) is 0 Å². The lowest BCUT2D eigenvalue weighted by Gasteiger charge is -2.29. The van der Waals surface area contributed by atoms with Crippen LogP contribution in [0.4, 0.5) is 4.79 Å². The lowest BCUT2D eigenvalue weighted by Crippen LogP contribution is -2.48. The molecule has 132 valence electrons. The molecule has 2 unspecified atom stereocenters. The maximum Gasteiger partial charge on any atom is 0.319 e. The zero-order valence-corrected chi connectivity index (χ0v) is 14.6. The predicted octanol–water partition coefficient (Wildman–Crippen LogP) is 2.79. The molecule has 4 N–H and O–H groups in total. The molecule has 0 spiro atoms. The van der Waals surface area contributed by atoms with Crippen molar-refractivity contribution in [3.05, 3.63) is 89.3 Å². The van der Waals surface area contributed by atoms with Crippen LogP contribution >= 0.6 is 0 Å². The fourth-order valence-corrected chi connectivity index (χ4v) is 3.46. The van der Waals surface area contributed by atoms with Crippen LogP contribution in [0.25, 0.3) is 6.08 Å². The number of nitrogens with one attached hydrogen (secondary N) is 4. The minimum atomic E-state index is -0.492. The molecule has 1 aliphatic heterocycles. The van der Waals surface area contributed by atoms with Gasteiger partial charge >= 0.3 is 6.03 Å². The van der Waals surface area contributed by atoms with E-state index >= 15 is 0 Å². The summed E-state index contributed by atoms with van der Waals surface area (Å²) in [4.78, 5) is 12.5. The van der Waals surface area contributed by atoms with Gasteiger partial charge in [0, 0.05) is 6.20 Å². The largest absolute Gasteiger partial charge is 0.331 e. The number of hydrogen-bond donors (Lipinski definition) is 4. The summed E-state index contributed by atoms with van der Waals surface area (Å²) < 4.78 is 0. The average Bonchev–Trinajstić information content (AvgIpc) is 3.04. The molecule has 5 nitrogen and oxygen atoms in total. The van der Waals surface area contributed by atoms with Gasteiger partial charge in [-0.3, -0.25) is 0 Å². The standard InChI is InChI=1S/C21H22N4O/c1-21(17-9-3-2-4-10-17)19(14-22-25-21)24-20(26)23-18-12-11-15-7-5-6-8-16(15)13-18/h2-12,14,18,22,25H,13H2,1H3,(H2,23,24,26). The Hall–Kier alpha value is -3.05. The zero-order valence-electron chi connectivity index (χ0n) is 14.6. The van der Waals surface area contributed by atoms with Crippen molar-refractivity contribution in [3.8, 4) is 0 Å². The number of urea groups is 1. The van der Waals surface area contributed by atoms with E-state index in [9.17, 15) is 4.79 Å². The summed E-state index contributed by atoms with van der Waals surface area (Å²) in [5.74, 6) is 0. The van der Waals surface area contributed by atoms with Crippen LogP contribution in [0.3, 0.4) is 0 Å². The molecule has 0 saturated carbocycles. The van der Waals surface area contributed by atoms with Crippen molar-refractivity contribution >= 4 is 12.1 Å². The van der Waals surface area contributed by atoms with Gasteiger partial charge in [-0.2, -0.15) is 0 Å². The van der Waals surface area contributed by atoms with E-state index in [1.165, 1.54) is 11.1 Å². The van der Waals surface area contributed by atoms with E-state index in [0.29, 0.717) is 0 Å². The summed E-state index contributed by atoms with van der Waals surface area (Å²) in [7, 11) is 0. The van der Waals surface area contributed by atoms with E-state index in [1.807, 2.05) is 55.5 Å². The quantitative estimate of drug-likeness (QED) is 0.691. The van der Waals surface area contributed by atoms with Crippen molar-refractivity contribution in [2.24, 2.45) is 0 Å². The maximum atomic E-state index is 12.5. The third-order valence-electron chi connectivity index (χ3n) is 5.00. The smallest absolute Gasteiger partial charge is 0.319 e. The molecule has 2 aliphatic rings. The topological polar surface area (TPSA) is 65.2 Å². The molecule has 26 heavy (non-hydrogen) atoms. The van der Waals surface area contributed by atoms with Gasteiger partial charge < -0.3 is 16.1 Å². The Morgan fingerprint density at radius 2 is 1.88 bits per heavy atom. The maximum absolute atomic E-state index is 12.5. The van der Waals surface area contributed by atoms with Crippen molar-refractivity contribution in [2.45, 2.75) is 24.9 Å². The first kappa shape index (κ1) is 16.4. The lowest BCUT2D eigenvalue weighted by atomic mass is 9.90. The van der Waals surface area contributed by atoms with Gasteiger partial charge in [-0.1, -0.05) is 66.7 Å². The number of hydrazine groups is 1. The highest BCUT2D eigenvalue weighted by atomic mass is 16.2. The SMILES string of the molecule is CC1(c2ccccc2)NNC=C1NC(=O)NC1C=Cc2ccccc2C1. The molecule has 2 aromatic rings. The molecule has 1 aliphatic carbocycles. The van der Waals surface area contributed by atoms with Crippen molar-refractivity contribution in [2.75, 3.05) is 0 Å². The van der Waals surface area contributed by atoms with Crippen molar-refractivity contribution in [3.63, 3.8) is 0 Å². The summed E-state index contributed by atoms with van der Waals surface area (Å²) >= 11 is 0. The van der Waals surface area contributed by atoms with Gasteiger partial charge in [-0.15, -0.1) is 0 Å². The van der Waals surface area contributed by atoms with Crippen LogP contribution in [0.2, 0.25) is 0 Å². The van der Waals surface area contributed by atoms with Gasteiger partial charge in [0.2, 0.25) is 0 Å². The minimum Gasteiger partial charge on any atom is -0.331 e. The second-order valence-electron chi connectivity index (χ2n) is 6.79. The second-order valence-corrected chi connectivity index (χ2v) is 6.79. The molecule has 2 aromatic carbocycles. The van der Waals surface area contributed by atoms with Gasteiger partial charge in [-0.25, -0.2) is 10.2 Å². The molecule has 1 heterocycles. The van der Waals surface area contributed by atoms with Crippen LogP contribution in [-0.4, -0.2) is 12.1 Å². The molecule has 2 atom stereocenters. The molecule has 2 amide bonds. The number of amides is 2. The van der Waals surface area contributed by atoms with Gasteiger partial charge in [-0.05, 0) is 30.0 Å². The van der Waals surface area contributed by atoms with E-state index in [1.54, 1.807) is 6.20 Å². The highest BCUT2D eigenvalue weighted by Crippen LogP contribution is 2.29. The second kappa shape index (κ2) is 6.69. The third kappa shape index (κ3) is 3.09. The van der Waals surface area contributed by atoms with E-state index in [0.717, 1.165) is 17.7 Å². The van der Waals surface area contributed by atoms with Crippen molar-refractivity contribution in [1.29, 1.82) is 0 Å². The summed E-state index contributed by atoms with van der Waals surface area (Å²) in [5, 5.41) is 6.03. The highest BCUT2D eigenvalue weighted by Gasteiger charge is 2.35. The van der Waals surface area contributed by atoms with Crippen molar-refractivity contribution < 1.29 is 4.79 Å². The fraction of sp³-hybridized carbons (Fsp3) is 0.190. The summed E-state index contributed by atoms with van der Waals surface area (Å²) in [6.45, 7) is 2.03. The van der Waals surface area contributed by atoms with E-state index in [-0.39, 0.29) is 12.1 Å². The fourth-order valence-electron chi connectivity index (χ4n) is 3.46. The molecule has 0 aromatic heterocycles. The number of rotatable bonds is 3. The molecule has 0 saturated heterocycles. The third-order valence-corrected chi connectivity index (χ3v) is 5.00. The Balaban J connectivity index is 1.43. The van der Waals surface area contributed by atoms with E-state index in [4.69, 9.17) is 0 Å². The van der Waals surface area contributed by atoms with Crippen molar-refractivity contribution in [1.82, 2.24) is 21.5 Å². The van der Waals surface area contributed by atoms with Crippen LogP contribution in [-0.2, 0) is 12.0 Å². The average molecular weight is 346 g/mol. The first-order valence-corrected chi connectivity index (χ1v) is 8.78. The van der Waals surface area contributed by atoms with Crippen LogP contribution in [0.5, 0.6) is 0 Å². The molecule has 0 fully saturated rings. The molecule has 5 heteroatoms. The summed E-state index contributed by atoms with van der Waals surface area (Å²) in [5.41, 5.74) is 10.1. The van der Waals surface area contributed by atoms with Crippen LogP contribution in [0, 0.1) is 0 Å². The Bertz CT molecular complexity index is 875. The molecule has 0 bridgehead atoms. The normalized spacial score (nSPS) is 23.6. The molecular formula is C21H22N4O. The molecular weight excluding hydrogens is 324 g/mol. The Morgan fingerprint density at radius 3 is 2.73 bits per heavy atom. The van der Waals surface area contributed by atoms with Crippen LogP contribution in [0.1, 0.15) is 23.6 Å². The van der Waals surface area contributed by atoms with E-state index < -0.39 is 5.54 Å². The monoisotopic (exact) mass is 346 g/mol. The van der Waals surface area contributed by atoms with Gasteiger partial charge in [0.1, 0.15) is 5.54 Å². The van der Waals surface area contributed by atoms with Crippen LogP contribution in [0.15, 0.2) is 72.6 Å². The first-order valence-electron chi connectivity index (χ1n) is 8.78. The Labute approximate surface area is 153 Å². The van der Waals surface area contributed by atoms with Crippen LogP contribution < -0.4 is 21.5 Å². The number of benzene rings is 2. The van der Waals surface area contributed by atoms with Gasteiger partial charge in [0.15, 0.2) is 0 Å². The Morgan fingerprint density at radius 1 is 1.12 bits per heavy atom. The van der Waals surface area contributed by atoms with Gasteiger partial charge in [0.05, 0.1) is 11.7 Å². The summed E-state index contributed by atoms with van der Waals surface area (Å²) in [6.07, 6.45) is 6.69. The number of carbonyl (C=O) groups is 1. The number of carbonyl (C=O) groups excluding carboxylic acids is 1. The molecule has 4 rings (SSSR count). The number of hydrogen-bond acceptors (Lipinski definition) is 3. The highest BCUT2D eigenvalue weighted by molar-refractivity contribution is 5.77. The first-order chi connectivity index (χ1) is 12.6.